The zero-order valence-electron chi connectivity index (χ0n) is 18.0. The van der Waals surface area contributed by atoms with Gasteiger partial charge in [-0.05, 0) is 71.8 Å². The number of rotatable bonds is 5. The Bertz CT molecular complexity index is 1490. The van der Waals surface area contributed by atoms with Crippen molar-refractivity contribution >= 4 is 54.3 Å². The number of anilines is 4. The number of nitrogens with one attached hydrogen (secondary N) is 2. The van der Waals surface area contributed by atoms with Crippen LogP contribution in [0.15, 0.2) is 121 Å². The zero-order valence-corrected chi connectivity index (χ0v) is 18.8. The van der Waals surface area contributed by atoms with Gasteiger partial charge in [0.05, 0.1) is 0 Å². The van der Waals surface area contributed by atoms with Crippen molar-refractivity contribution in [2.75, 3.05) is 10.6 Å². The molecule has 0 amide bonds. The molecule has 0 saturated carbocycles. The van der Waals surface area contributed by atoms with Crippen LogP contribution in [0.4, 0.5) is 22.7 Å². The van der Waals surface area contributed by atoms with E-state index in [1.54, 1.807) is 0 Å². The molecular weight excluding hydrogens is 420 g/mol. The van der Waals surface area contributed by atoms with E-state index in [2.05, 4.69) is 95.6 Å². The van der Waals surface area contributed by atoms with Gasteiger partial charge in [0.25, 0.3) is 0 Å². The maximum Gasteiger partial charge on any atom is 0.0411 e. The Kier molecular flexibility index (Phi) is 5.02. The number of fused-ring (bicyclic) bond motifs is 3. The van der Waals surface area contributed by atoms with Crippen molar-refractivity contribution in [2.24, 2.45) is 0 Å². The van der Waals surface area contributed by atoms with Crippen LogP contribution >= 0.6 is 11.3 Å². The molecule has 0 aliphatic rings. The molecule has 0 bridgehead atoms. The molecule has 1 heterocycles. The summed E-state index contributed by atoms with van der Waals surface area (Å²) in [5.41, 5.74) is 6.62. The zero-order chi connectivity index (χ0) is 22.0. The SMILES string of the molecule is c1ccc(Nc2cc(Nc3ccccc3)cc(-c3ccc4sc5ccccc5c4c3)c2)cc1. The normalized spacial score (nSPS) is 11.0. The summed E-state index contributed by atoms with van der Waals surface area (Å²) in [5, 5.41) is 9.76. The molecule has 33 heavy (non-hydrogen) atoms. The van der Waals surface area contributed by atoms with Crippen molar-refractivity contribution in [3.8, 4) is 11.1 Å². The summed E-state index contributed by atoms with van der Waals surface area (Å²) in [6.45, 7) is 0. The maximum absolute atomic E-state index is 3.56. The van der Waals surface area contributed by atoms with Crippen LogP contribution in [0.1, 0.15) is 0 Å². The molecule has 158 valence electrons. The Labute approximate surface area is 197 Å². The van der Waals surface area contributed by atoms with Gasteiger partial charge in [0.15, 0.2) is 0 Å². The predicted octanol–water partition coefficient (Wildman–Crippen LogP) is 9.21. The predicted molar refractivity (Wildman–Crippen MR) is 144 cm³/mol. The third-order valence-corrected chi connectivity index (χ3v) is 6.92. The fourth-order valence-electron chi connectivity index (χ4n) is 4.22. The molecule has 0 spiro atoms. The number of benzene rings is 5. The molecule has 1 aromatic heterocycles. The first-order valence-corrected chi connectivity index (χ1v) is 11.8. The average Bonchev–Trinajstić information content (AvgIpc) is 3.23. The topological polar surface area (TPSA) is 24.1 Å². The van der Waals surface area contributed by atoms with Crippen molar-refractivity contribution in [2.45, 2.75) is 0 Å². The number of thiophene rings is 1. The molecule has 0 fully saturated rings. The second kappa shape index (κ2) is 8.45. The van der Waals surface area contributed by atoms with Gasteiger partial charge in [0, 0.05) is 42.9 Å². The molecule has 6 aromatic rings. The first-order chi connectivity index (χ1) is 16.3. The summed E-state index contributed by atoms with van der Waals surface area (Å²) < 4.78 is 2.65. The van der Waals surface area contributed by atoms with Crippen LogP contribution in [0.5, 0.6) is 0 Å². The summed E-state index contributed by atoms with van der Waals surface area (Å²) in [4.78, 5) is 0. The Morgan fingerprint density at radius 2 is 0.970 bits per heavy atom. The molecule has 0 saturated heterocycles. The Hall–Kier alpha value is -4.08. The lowest BCUT2D eigenvalue weighted by Gasteiger charge is -2.14. The van der Waals surface area contributed by atoms with E-state index in [0.717, 1.165) is 22.7 Å². The minimum atomic E-state index is 1.05. The van der Waals surface area contributed by atoms with Gasteiger partial charge in [0.2, 0.25) is 0 Å². The molecule has 3 heteroatoms. The minimum absolute atomic E-state index is 1.05. The summed E-state index contributed by atoms with van der Waals surface area (Å²) in [7, 11) is 0. The van der Waals surface area contributed by atoms with Gasteiger partial charge >= 0.3 is 0 Å². The number of hydrogen-bond donors (Lipinski definition) is 2. The summed E-state index contributed by atoms with van der Waals surface area (Å²) in [5.74, 6) is 0. The summed E-state index contributed by atoms with van der Waals surface area (Å²) in [6, 6.07) is 42.6. The summed E-state index contributed by atoms with van der Waals surface area (Å²) >= 11 is 1.85. The van der Waals surface area contributed by atoms with Gasteiger partial charge in [-0.3, -0.25) is 0 Å². The van der Waals surface area contributed by atoms with Gasteiger partial charge in [-0.1, -0.05) is 60.7 Å². The second-order valence-electron chi connectivity index (χ2n) is 8.09. The molecule has 0 aliphatic heterocycles. The fraction of sp³-hybridized carbons (Fsp3) is 0. The molecule has 0 radical (unpaired) electrons. The van der Waals surface area contributed by atoms with Crippen LogP contribution in [0.3, 0.4) is 0 Å². The molecule has 0 atom stereocenters. The monoisotopic (exact) mass is 442 g/mol. The van der Waals surface area contributed by atoms with Crippen LogP contribution in [0.25, 0.3) is 31.3 Å². The maximum atomic E-state index is 3.56. The Morgan fingerprint density at radius 3 is 1.64 bits per heavy atom. The lowest BCUT2D eigenvalue weighted by atomic mass is 10.0. The van der Waals surface area contributed by atoms with E-state index >= 15 is 0 Å². The van der Waals surface area contributed by atoms with E-state index < -0.39 is 0 Å². The van der Waals surface area contributed by atoms with E-state index in [0.29, 0.717) is 0 Å². The first kappa shape index (κ1) is 19.6. The lowest BCUT2D eigenvalue weighted by molar-refractivity contribution is 1.51. The Morgan fingerprint density at radius 1 is 0.394 bits per heavy atom. The van der Waals surface area contributed by atoms with E-state index in [1.165, 1.54) is 31.3 Å². The van der Waals surface area contributed by atoms with Gasteiger partial charge < -0.3 is 10.6 Å². The molecule has 2 nitrogen and oxygen atoms in total. The van der Waals surface area contributed by atoms with E-state index in [4.69, 9.17) is 0 Å². The van der Waals surface area contributed by atoms with E-state index in [9.17, 15) is 0 Å². The van der Waals surface area contributed by atoms with Crippen LogP contribution in [0.2, 0.25) is 0 Å². The molecule has 0 unspecified atom stereocenters. The van der Waals surface area contributed by atoms with Crippen molar-refractivity contribution in [3.05, 3.63) is 121 Å². The van der Waals surface area contributed by atoms with E-state index in [1.807, 2.05) is 47.7 Å². The molecule has 6 rings (SSSR count). The summed E-state index contributed by atoms with van der Waals surface area (Å²) in [6.07, 6.45) is 0. The third kappa shape index (κ3) is 4.07. The van der Waals surface area contributed by atoms with Crippen LogP contribution < -0.4 is 10.6 Å². The smallest absolute Gasteiger partial charge is 0.0411 e. The standard InChI is InChI=1S/C30H22N2S/c1-3-9-23(10-4-1)31-25-17-22(18-26(20-25)32-24-11-5-2-6-12-24)21-15-16-30-28(19-21)27-13-7-8-14-29(27)33-30/h1-20,31-32H. The highest BCUT2D eigenvalue weighted by atomic mass is 32.1. The van der Waals surface area contributed by atoms with Gasteiger partial charge in [-0.15, -0.1) is 11.3 Å². The van der Waals surface area contributed by atoms with E-state index in [-0.39, 0.29) is 0 Å². The quantitative estimate of drug-likeness (QED) is 0.278. The van der Waals surface area contributed by atoms with Crippen molar-refractivity contribution in [1.29, 1.82) is 0 Å². The lowest BCUT2D eigenvalue weighted by Crippen LogP contribution is -1.95. The third-order valence-electron chi connectivity index (χ3n) is 5.77. The van der Waals surface area contributed by atoms with Gasteiger partial charge in [0.1, 0.15) is 0 Å². The molecule has 5 aromatic carbocycles. The highest BCUT2D eigenvalue weighted by Crippen LogP contribution is 2.37. The van der Waals surface area contributed by atoms with Crippen molar-refractivity contribution < 1.29 is 0 Å². The van der Waals surface area contributed by atoms with Crippen molar-refractivity contribution in [3.63, 3.8) is 0 Å². The second-order valence-corrected chi connectivity index (χ2v) is 9.17. The van der Waals surface area contributed by atoms with Crippen LogP contribution in [-0.4, -0.2) is 0 Å². The van der Waals surface area contributed by atoms with Gasteiger partial charge in [-0.25, -0.2) is 0 Å². The van der Waals surface area contributed by atoms with Gasteiger partial charge in [-0.2, -0.15) is 0 Å². The first-order valence-electron chi connectivity index (χ1n) is 11.0. The minimum Gasteiger partial charge on any atom is -0.355 e. The van der Waals surface area contributed by atoms with Crippen LogP contribution in [-0.2, 0) is 0 Å². The molecule has 0 aliphatic carbocycles. The highest BCUT2D eigenvalue weighted by Gasteiger charge is 2.09. The van der Waals surface area contributed by atoms with Crippen LogP contribution in [0, 0.1) is 0 Å². The number of hydrogen-bond acceptors (Lipinski definition) is 3. The largest absolute Gasteiger partial charge is 0.355 e. The molecular formula is C30H22N2S. The fourth-order valence-corrected chi connectivity index (χ4v) is 5.31. The van der Waals surface area contributed by atoms with Crippen molar-refractivity contribution in [1.82, 2.24) is 0 Å². The highest BCUT2D eigenvalue weighted by molar-refractivity contribution is 7.25. The Balaban J connectivity index is 1.46. The molecule has 2 N–H and O–H groups in total. The number of para-hydroxylation sites is 2. The average molecular weight is 443 g/mol.